The summed E-state index contributed by atoms with van der Waals surface area (Å²) in [5.41, 5.74) is 11.1. The van der Waals surface area contributed by atoms with E-state index in [1.54, 1.807) is 0 Å². The Morgan fingerprint density at radius 1 is 1.09 bits per heavy atom. The fourth-order valence-electron chi connectivity index (χ4n) is 3.21. The molecule has 0 bridgehead atoms. The van der Waals surface area contributed by atoms with Crippen molar-refractivity contribution in [3.05, 3.63) is 69.3 Å². The second-order valence-electron chi connectivity index (χ2n) is 5.95. The molecular weight excluding hydrogens is 327 g/mol. The normalized spacial score (nSPS) is 12.7. The molecule has 0 aliphatic rings. The molecule has 1 aromatic heterocycles. The van der Waals surface area contributed by atoms with Crippen molar-refractivity contribution in [2.75, 3.05) is 6.54 Å². The fraction of sp³-hybridized carbons (Fsp3) is 0.263. The molecule has 2 aromatic carbocycles. The molecule has 0 spiro atoms. The van der Waals surface area contributed by atoms with E-state index in [2.05, 4.69) is 42.8 Å². The Hall–Kier alpha value is -1.48. The molecule has 0 radical (unpaired) electrons. The topological polar surface area (TPSA) is 30.9 Å². The molecule has 23 heavy (non-hydrogen) atoms. The largest absolute Gasteiger partial charge is 0.348 e. The van der Waals surface area contributed by atoms with Gasteiger partial charge in [0.25, 0.3) is 0 Å². The molecule has 120 valence electrons. The Balaban J connectivity index is 2.02. The Morgan fingerprint density at radius 3 is 2.52 bits per heavy atom. The minimum Gasteiger partial charge on any atom is -0.348 e. The van der Waals surface area contributed by atoms with Crippen molar-refractivity contribution in [2.24, 2.45) is 12.8 Å². The second kappa shape index (κ2) is 6.56. The number of nitrogens with two attached hydrogens (primary N) is 1. The van der Waals surface area contributed by atoms with E-state index in [9.17, 15) is 0 Å². The number of aromatic nitrogens is 1. The zero-order valence-corrected chi connectivity index (χ0v) is 14.8. The van der Waals surface area contributed by atoms with Gasteiger partial charge in [0.2, 0.25) is 0 Å². The van der Waals surface area contributed by atoms with Crippen LogP contribution in [0, 0.1) is 6.92 Å². The van der Waals surface area contributed by atoms with Crippen LogP contribution in [0.5, 0.6) is 0 Å². The third kappa shape index (κ3) is 2.99. The quantitative estimate of drug-likeness (QED) is 0.701. The third-order valence-electron chi connectivity index (χ3n) is 4.68. The van der Waals surface area contributed by atoms with Gasteiger partial charge in [0.15, 0.2) is 0 Å². The highest BCUT2D eigenvalue weighted by atomic mass is 35.5. The lowest BCUT2D eigenvalue weighted by molar-refractivity contribution is 0.691. The summed E-state index contributed by atoms with van der Waals surface area (Å²) >= 11 is 12.2. The molecular formula is C19H20Cl2N2. The first-order valence-electron chi connectivity index (χ1n) is 7.70. The minimum atomic E-state index is 0.217. The number of hydrogen-bond donors (Lipinski definition) is 1. The summed E-state index contributed by atoms with van der Waals surface area (Å²) in [4.78, 5) is 0. The molecule has 4 heteroatoms. The van der Waals surface area contributed by atoms with Crippen molar-refractivity contribution in [3.8, 4) is 0 Å². The molecule has 0 aliphatic carbocycles. The number of para-hydroxylation sites is 1. The van der Waals surface area contributed by atoms with E-state index in [4.69, 9.17) is 28.9 Å². The number of aryl methyl sites for hydroxylation is 1. The zero-order valence-electron chi connectivity index (χ0n) is 13.3. The molecule has 2 nitrogen and oxygen atoms in total. The van der Waals surface area contributed by atoms with Crippen molar-refractivity contribution in [2.45, 2.75) is 19.3 Å². The molecule has 0 saturated carbocycles. The van der Waals surface area contributed by atoms with E-state index in [1.807, 2.05) is 18.2 Å². The Morgan fingerprint density at radius 2 is 1.83 bits per heavy atom. The summed E-state index contributed by atoms with van der Waals surface area (Å²) in [6.45, 7) is 2.73. The molecule has 2 N–H and O–H groups in total. The Kier molecular flexibility index (Phi) is 4.67. The van der Waals surface area contributed by atoms with Crippen molar-refractivity contribution in [1.29, 1.82) is 0 Å². The first-order chi connectivity index (χ1) is 11.0. The van der Waals surface area contributed by atoms with Crippen molar-refractivity contribution in [1.82, 2.24) is 4.57 Å². The molecule has 0 saturated heterocycles. The van der Waals surface area contributed by atoms with E-state index < -0.39 is 0 Å². The van der Waals surface area contributed by atoms with E-state index in [0.717, 1.165) is 12.0 Å². The maximum atomic E-state index is 6.17. The molecule has 3 aromatic rings. The van der Waals surface area contributed by atoms with Gasteiger partial charge in [0, 0.05) is 29.6 Å². The van der Waals surface area contributed by atoms with Gasteiger partial charge in [0.05, 0.1) is 10.0 Å². The maximum Gasteiger partial charge on any atom is 0.0595 e. The number of benzene rings is 2. The predicted octanol–water partition coefficient (Wildman–Crippen LogP) is 5.08. The van der Waals surface area contributed by atoms with E-state index in [-0.39, 0.29) is 5.92 Å². The van der Waals surface area contributed by atoms with E-state index in [0.29, 0.717) is 16.6 Å². The summed E-state index contributed by atoms with van der Waals surface area (Å²) in [6, 6.07) is 14.3. The SMILES string of the molecule is Cc1c(CC(CN)c2ccc(Cl)c(Cl)c2)c2ccccc2n1C. The number of fused-ring (bicyclic) bond motifs is 1. The molecule has 0 fully saturated rings. The third-order valence-corrected chi connectivity index (χ3v) is 5.42. The van der Waals surface area contributed by atoms with Gasteiger partial charge in [-0.2, -0.15) is 0 Å². The molecule has 3 rings (SSSR count). The Bertz CT molecular complexity index is 852. The maximum absolute atomic E-state index is 6.17. The first-order valence-corrected chi connectivity index (χ1v) is 8.46. The van der Waals surface area contributed by atoms with E-state index in [1.165, 1.54) is 22.2 Å². The molecule has 1 heterocycles. The van der Waals surface area contributed by atoms with Crippen LogP contribution in [-0.4, -0.2) is 11.1 Å². The highest BCUT2D eigenvalue weighted by molar-refractivity contribution is 6.42. The second-order valence-corrected chi connectivity index (χ2v) is 6.76. The highest BCUT2D eigenvalue weighted by Gasteiger charge is 2.18. The van der Waals surface area contributed by atoms with Gasteiger partial charge in [-0.25, -0.2) is 0 Å². The number of nitrogens with zero attached hydrogens (tertiary/aromatic N) is 1. The molecule has 1 atom stereocenters. The summed E-state index contributed by atoms with van der Waals surface area (Å²) in [7, 11) is 2.11. The number of hydrogen-bond acceptors (Lipinski definition) is 1. The summed E-state index contributed by atoms with van der Waals surface area (Å²) < 4.78 is 2.24. The van der Waals surface area contributed by atoms with Gasteiger partial charge in [-0.3, -0.25) is 0 Å². The van der Waals surface area contributed by atoms with Crippen LogP contribution in [-0.2, 0) is 13.5 Å². The first kappa shape index (κ1) is 16.4. The van der Waals surface area contributed by atoms with Crippen LogP contribution < -0.4 is 5.73 Å². The fourth-order valence-corrected chi connectivity index (χ4v) is 3.51. The van der Waals surface area contributed by atoms with Crippen LogP contribution in [0.3, 0.4) is 0 Å². The lowest BCUT2D eigenvalue weighted by Crippen LogP contribution is -2.15. The Labute approximate surface area is 146 Å². The highest BCUT2D eigenvalue weighted by Crippen LogP contribution is 2.32. The minimum absolute atomic E-state index is 0.217. The van der Waals surface area contributed by atoms with Gasteiger partial charge in [-0.1, -0.05) is 47.5 Å². The average molecular weight is 347 g/mol. The van der Waals surface area contributed by atoms with Crippen molar-refractivity contribution < 1.29 is 0 Å². The number of halogens is 2. The lowest BCUT2D eigenvalue weighted by atomic mass is 9.91. The van der Waals surface area contributed by atoms with Crippen molar-refractivity contribution in [3.63, 3.8) is 0 Å². The summed E-state index contributed by atoms with van der Waals surface area (Å²) in [5.74, 6) is 0.217. The lowest BCUT2D eigenvalue weighted by Gasteiger charge is -2.16. The monoisotopic (exact) mass is 346 g/mol. The van der Waals surface area contributed by atoms with Gasteiger partial charge >= 0.3 is 0 Å². The van der Waals surface area contributed by atoms with Crippen LogP contribution in [0.1, 0.15) is 22.7 Å². The summed E-state index contributed by atoms with van der Waals surface area (Å²) in [5, 5.41) is 2.45. The predicted molar refractivity (Wildman–Crippen MR) is 99.6 cm³/mol. The van der Waals surface area contributed by atoms with Gasteiger partial charge in [-0.15, -0.1) is 0 Å². The smallest absolute Gasteiger partial charge is 0.0595 e. The van der Waals surface area contributed by atoms with E-state index >= 15 is 0 Å². The van der Waals surface area contributed by atoms with Crippen molar-refractivity contribution >= 4 is 34.1 Å². The van der Waals surface area contributed by atoms with Gasteiger partial charge in [-0.05, 0) is 49.2 Å². The molecule has 0 aliphatic heterocycles. The molecule has 1 unspecified atom stereocenters. The van der Waals surface area contributed by atoms with Crippen LogP contribution in [0.25, 0.3) is 10.9 Å². The summed E-state index contributed by atoms with van der Waals surface area (Å²) in [6.07, 6.45) is 0.891. The zero-order chi connectivity index (χ0) is 16.6. The van der Waals surface area contributed by atoms with Crippen LogP contribution in [0.15, 0.2) is 42.5 Å². The van der Waals surface area contributed by atoms with Crippen LogP contribution in [0.2, 0.25) is 10.0 Å². The van der Waals surface area contributed by atoms with Crippen LogP contribution in [0.4, 0.5) is 0 Å². The van der Waals surface area contributed by atoms with Crippen LogP contribution >= 0.6 is 23.2 Å². The van der Waals surface area contributed by atoms with Gasteiger partial charge < -0.3 is 10.3 Å². The average Bonchev–Trinajstić information content (AvgIpc) is 2.80. The standard InChI is InChI=1S/C19H20Cl2N2/c1-12-16(15-5-3-4-6-19(15)23(12)2)9-14(11-22)13-7-8-17(20)18(21)10-13/h3-8,10,14H,9,11,22H2,1-2H3. The molecule has 0 amide bonds. The van der Waals surface area contributed by atoms with Gasteiger partial charge in [0.1, 0.15) is 0 Å². The number of rotatable bonds is 4.